The molecule has 1 aromatic rings. The molecule has 21 heavy (non-hydrogen) atoms. The molecule has 1 unspecified atom stereocenters. The number of ether oxygens (including phenoxy) is 4. The largest absolute Gasteiger partial charge is 0.493 e. The fraction of sp³-hybridized carbons (Fsp3) is 0.533. The van der Waals surface area contributed by atoms with Crippen LogP contribution in [0.15, 0.2) is 18.2 Å². The Balaban J connectivity index is 2.09. The van der Waals surface area contributed by atoms with Crippen LogP contribution >= 0.6 is 0 Å². The third-order valence-corrected chi connectivity index (χ3v) is 3.23. The molecule has 0 saturated carbocycles. The van der Waals surface area contributed by atoms with Crippen LogP contribution in [0.1, 0.15) is 12.0 Å². The molecule has 1 heterocycles. The van der Waals surface area contributed by atoms with Gasteiger partial charge in [-0.2, -0.15) is 0 Å². The summed E-state index contributed by atoms with van der Waals surface area (Å²) in [5.41, 5.74) is 0.935. The van der Waals surface area contributed by atoms with Gasteiger partial charge in [-0.15, -0.1) is 0 Å². The lowest BCUT2D eigenvalue weighted by atomic mass is 10.1. The molecule has 0 radical (unpaired) electrons. The molecule has 116 valence electrons. The van der Waals surface area contributed by atoms with Crippen molar-refractivity contribution in [2.45, 2.75) is 19.1 Å². The Morgan fingerprint density at radius 1 is 1.38 bits per heavy atom. The molecule has 1 fully saturated rings. The van der Waals surface area contributed by atoms with Crippen LogP contribution in [0, 0.1) is 0 Å². The summed E-state index contributed by atoms with van der Waals surface area (Å²) in [6.45, 7) is 2.38. The van der Waals surface area contributed by atoms with Gasteiger partial charge in [0.15, 0.2) is 17.6 Å². The van der Waals surface area contributed by atoms with Crippen LogP contribution in [0.5, 0.6) is 11.5 Å². The minimum atomic E-state index is -0.556. The highest BCUT2D eigenvalue weighted by molar-refractivity contribution is 5.77. The van der Waals surface area contributed by atoms with Gasteiger partial charge in [0.2, 0.25) is 0 Å². The van der Waals surface area contributed by atoms with Crippen LogP contribution in [-0.4, -0.2) is 46.1 Å². The second-order valence-electron chi connectivity index (χ2n) is 4.68. The molecule has 0 aliphatic carbocycles. The highest BCUT2D eigenvalue weighted by atomic mass is 16.6. The Labute approximate surface area is 124 Å². The molecule has 1 aliphatic rings. The highest BCUT2D eigenvalue weighted by Gasteiger charge is 2.30. The molecule has 6 nitrogen and oxygen atoms in total. The van der Waals surface area contributed by atoms with Gasteiger partial charge in [-0.1, -0.05) is 12.1 Å². The summed E-state index contributed by atoms with van der Waals surface area (Å²) in [6, 6.07) is 5.65. The number of carbonyl (C=O) groups is 1. The summed E-state index contributed by atoms with van der Waals surface area (Å²) >= 11 is 0. The molecule has 1 aromatic carbocycles. The first-order valence-electron chi connectivity index (χ1n) is 6.95. The SMILES string of the molecule is COCCNCc1cccc(OC)c1OC1CCOC1=O. The van der Waals surface area contributed by atoms with E-state index in [9.17, 15) is 4.79 Å². The summed E-state index contributed by atoms with van der Waals surface area (Å²) < 4.78 is 21.1. The maximum Gasteiger partial charge on any atom is 0.347 e. The maximum absolute atomic E-state index is 11.6. The quantitative estimate of drug-likeness (QED) is 0.573. The van der Waals surface area contributed by atoms with Crippen molar-refractivity contribution in [1.29, 1.82) is 0 Å². The summed E-state index contributed by atoms with van der Waals surface area (Å²) in [5.74, 6) is 0.883. The van der Waals surface area contributed by atoms with Crippen LogP contribution in [0.3, 0.4) is 0 Å². The van der Waals surface area contributed by atoms with Gasteiger partial charge >= 0.3 is 5.97 Å². The van der Waals surface area contributed by atoms with Crippen molar-refractivity contribution >= 4 is 5.97 Å². The fourth-order valence-electron chi connectivity index (χ4n) is 2.12. The number of cyclic esters (lactones) is 1. The number of esters is 1. The van der Waals surface area contributed by atoms with Crippen molar-refractivity contribution in [2.75, 3.05) is 34.0 Å². The van der Waals surface area contributed by atoms with E-state index >= 15 is 0 Å². The van der Waals surface area contributed by atoms with E-state index in [1.807, 2.05) is 18.2 Å². The number of methoxy groups -OCH3 is 2. The second-order valence-corrected chi connectivity index (χ2v) is 4.68. The topological polar surface area (TPSA) is 66.0 Å². The molecule has 1 atom stereocenters. The minimum Gasteiger partial charge on any atom is -0.493 e. The Hall–Kier alpha value is -1.79. The summed E-state index contributed by atoms with van der Waals surface area (Å²) in [5, 5.41) is 3.25. The van der Waals surface area contributed by atoms with E-state index in [1.165, 1.54) is 0 Å². The third-order valence-electron chi connectivity index (χ3n) is 3.23. The molecular weight excluding hydrogens is 274 g/mol. The van der Waals surface area contributed by atoms with E-state index in [4.69, 9.17) is 18.9 Å². The molecule has 6 heteroatoms. The van der Waals surface area contributed by atoms with Gasteiger partial charge in [-0.05, 0) is 6.07 Å². The van der Waals surface area contributed by atoms with E-state index in [1.54, 1.807) is 14.2 Å². The van der Waals surface area contributed by atoms with Gasteiger partial charge in [0, 0.05) is 32.2 Å². The fourth-order valence-corrected chi connectivity index (χ4v) is 2.12. The first-order valence-corrected chi connectivity index (χ1v) is 6.95. The van der Waals surface area contributed by atoms with E-state index in [-0.39, 0.29) is 5.97 Å². The normalized spacial score (nSPS) is 17.6. The number of benzene rings is 1. The Kier molecular flexibility index (Phi) is 5.83. The zero-order valence-corrected chi connectivity index (χ0v) is 12.4. The predicted molar refractivity (Wildman–Crippen MR) is 76.6 cm³/mol. The van der Waals surface area contributed by atoms with E-state index < -0.39 is 6.10 Å². The summed E-state index contributed by atoms with van der Waals surface area (Å²) in [4.78, 5) is 11.6. The number of hydrogen-bond donors (Lipinski definition) is 1. The van der Waals surface area contributed by atoms with E-state index in [2.05, 4.69) is 5.32 Å². The van der Waals surface area contributed by atoms with Crippen LogP contribution in [0.4, 0.5) is 0 Å². The van der Waals surface area contributed by atoms with Crippen molar-refractivity contribution in [2.24, 2.45) is 0 Å². The molecule has 0 bridgehead atoms. The van der Waals surface area contributed by atoms with Gasteiger partial charge in [0.25, 0.3) is 0 Å². The zero-order valence-electron chi connectivity index (χ0n) is 12.4. The lowest BCUT2D eigenvalue weighted by Gasteiger charge is -2.17. The smallest absolute Gasteiger partial charge is 0.347 e. The second kappa shape index (κ2) is 7.85. The zero-order chi connectivity index (χ0) is 15.1. The maximum atomic E-state index is 11.6. The molecule has 0 amide bonds. The lowest BCUT2D eigenvalue weighted by molar-refractivity contribution is -0.143. The number of nitrogens with one attached hydrogen (secondary N) is 1. The first-order chi connectivity index (χ1) is 10.3. The van der Waals surface area contributed by atoms with E-state index in [0.29, 0.717) is 37.7 Å². The number of hydrogen-bond acceptors (Lipinski definition) is 6. The summed E-state index contributed by atoms with van der Waals surface area (Å²) in [6.07, 6.45) is 0.00646. The van der Waals surface area contributed by atoms with Crippen molar-refractivity contribution in [3.8, 4) is 11.5 Å². The lowest BCUT2D eigenvalue weighted by Crippen LogP contribution is -2.24. The molecule has 1 N–H and O–H groups in total. The Bertz CT molecular complexity index is 477. The van der Waals surface area contributed by atoms with Crippen molar-refractivity contribution in [3.05, 3.63) is 23.8 Å². The van der Waals surface area contributed by atoms with Crippen LogP contribution in [0.25, 0.3) is 0 Å². The van der Waals surface area contributed by atoms with Crippen molar-refractivity contribution in [3.63, 3.8) is 0 Å². The van der Waals surface area contributed by atoms with Crippen LogP contribution in [0.2, 0.25) is 0 Å². The van der Waals surface area contributed by atoms with Gasteiger partial charge in [-0.25, -0.2) is 4.79 Å². The molecule has 0 aromatic heterocycles. The average molecular weight is 295 g/mol. The van der Waals surface area contributed by atoms with Gasteiger partial charge in [0.1, 0.15) is 0 Å². The van der Waals surface area contributed by atoms with Crippen LogP contribution in [-0.2, 0) is 20.8 Å². The van der Waals surface area contributed by atoms with Gasteiger partial charge < -0.3 is 24.3 Å². The monoisotopic (exact) mass is 295 g/mol. The van der Waals surface area contributed by atoms with E-state index in [0.717, 1.165) is 12.1 Å². The van der Waals surface area contributed by atoms with Crippen molar-refractivity contribution < 1.29 is 23.7 Å². The molecule has 1 aliphatic heterocycles. The first kappa shape index (κ1) is 15.6. The van der Waals surface area contributed by atoms with Gasteiger partial charge in [-0.3, -0.25) is 0 Å². The Morgan fingerprint density at radius 3 is 2.90 bits per heavy atom. The standard InChI is InChI=1S/C15H21NO5/c1-18-9-7-16-10-11-4-3-5-12(19-2)14(11)21-13-6-8-20-15(13)17/h3-5,13,16H,6-10H2,1-2H3. The number of carbonyl (C=O) groups excluding carboxylic acids is 1. The summed E-state index contributed by atoms with van der Waals surface area (Å²) in [7, 11) is 3.24. The third kappa shape index (κ3) is 4.09. The predicted octanol–water partition coefficient (Wildman–Crippen LogP) is 1.13. The minimum absolute atomic E-state index is 0.320. The molecule has 1 saturated heterocycles. The van der Waals surface area contributed by atoms with Gasteiger partial charge in [0.05, 0.1) is 20.3 Å². The molecular formula is C15H21NO5. The highest BCUT2D eigenvalue weighted by Crippen LogP contribution is 2.33. The molecule has 2 rings (SSSR count). The van der Waals surface area contributed by atoms with Crippen molar-refractivity contribution in [1.82, 2.24) is 5.32 Å². The number of para-hydroxylation sites is 1. The molecule has 0 spiro atoms. The van der Waals surface area contributed by atoms with Crippen LogP contribution < -0.4 is 14.8 Å². The number of rotatable bonds is 8. The average Bonchev–Trinajstić information content (AvgIpc) is 2.90. The Morgan fingerprint density at radius 2 is 2.24 bits per heavy atom.